The molecule has 0 spiro atoms. The number of benzene rings is 2. The lowest BCUT2D eigenvalue weighted by molar-refractivity contribution is -0.123. The van der Waals surface area contributed by atoms with Gasteiger partial charge in [0.15, 0.2) is 0 Å². The van der Waals surface area contributed by atoms with Gasteiger partial charge in [0, 0.05) is 58.1 Å². The van der Waals surface area contributed by atoms with Gasteiger partial charge in [-0.25, -0.2) is 13.8 Å². The summed E-state index contributed by atoms with van der Waals surface area (Å²) in [5.74, 6) is -1.13. The molecular formula is C28H37N5O5S. The molecule has 1 N–H and O–H groups in total. The molecular weight excluding hydrogens is 518 g/mol. The maximum Gasteiger partial charge on any atom is 0.263 e. The van der Waals surface area contributed by atoms with E-state index in [1.165, 1.54) is 22.1 Å². The van der Waals surface area contributed by atoms with E-state index >= 15 is 0 Å². The van der Waals surface area contributed by atoms with Crippen LogP contribution >= 0.6 is 0 Å². The number of hydrogen-bond acceptors (Lipinski definition) is 8. The van der Waals surface area contributed by atoms with Gasteiger partial charge in [-0.2, -0.15) is 0 Å². The summed E-state index contributed by atoms with van der Waals surface area (Å²) in [6.45, 7) is 10.3. The van der Waals surface area contributed by atoms with Crippen LogP contribution in [0.25, 0.3) is 11.1 Å². The molecule has 2 aliphatic rings. The number of carbonyl (C=O) groups excluding carboxylic acids is 1. The van der Waals surface area contributed by atoms with Gasteiger partial charge in [0.25, 0.3) is 10.0 Å². The van der Waals surface area contributed by atoms with Crippen LogP contribution in [0.1, 0.15) is 25.8 Å². The molecule has 2 heterocycles. The van der Waals surface area contributed by atoms with E-state index in [-0.39, 0.29) is 23.4 Å². The fourth-order valence-corrected chi connectivity index (χ4v) is 6.48. The van der Waals surface area contributed by atoms with Gasteiger partial charge in [-0.05, 0) is 49.1 Å². The van der Waals surface area contributed by atoms with Crippen molar-refractivity contribution in [2.24, 2.45) is 11.2 Å². The van der Waals surface area contributed by atoms with E-state index in [0.29, 0.717) is 0 Å². The summed E-state index contributed by atoms with van der Waals surface area (Å²) in [6.07, 6.45) is 3.11. The van der Waals surface area contributed by atoms with Crippen molar-refractivity contribution in [2.75, 3.05) is 46.4 Å². The zero-order valence-corrected chi connectivity index (χ0v) is 23.6. The summed E-state index contributed by atoms with van der Waals surface area (Å²) < 4.78 is 32.7. The molecule has 0 aromatic heterocycles. The molecule has 210 valence electrons. The van der Waals surface area contributed by atoms with Gasteiger partial charge in [-0.3, -0.25) is 18.9 Å². The zero-order valence-electron chi connectivity index (χ0n) is 22.7. The maximum atomic E-state index is 13.1. The summed E-state index contributed by atoms with van der Waals surface area (Å²) in [7, 11) is -2.00. The minimum atomic E-state index is -3.75. The normalized spacial score (nSPS) is 19.2. The number of methoxy groups -OCH3 is 1. The molecule has 0 radical (unpaired) electrons. The van der Waals surface area contributed by atoms with Crippen LogP contribution in [-0.4, -0.2) is 80.4 Å². The van der Waals surface area contributed by atoms with E-state index in [1.807, 2.05) is 17.6 Å². The third kappa shape index (κ3) is 6.91. The molecule has 0 saturated carbocycles. The second kappa shape index (κ2) is 12.4. The Morgan fingerprint density at radius 1 is 1.00 bits per heavy atom. The summed E-state index contributed by atoms with van der Waals surface area (Å²) in [5, 5.41) is 2.38. The highest BCUT2D eigenvalue weighted by Crippen LogP contribution is 2.26. The number of ether oxygens (including phenoxy) is 1. The highest BCUT2D eigenvalue weighted by molar-refractivity contribution is 7.89. The van der Waals surface area contributed by atoms with Gasteiger partial charge in [0.1, 0.15) is 0 Å². The summed E-state index contributed by atoms with van der Waals surface area (Å²) in [5.41, 5.74) is 5.10. The highest BCUT2D eigenvalue weighted by atomic mass is 32.2. The standard InChI is InChI=1S/C28H37N5O5S/c1-28(2,21-38-3)32-18-16-31(17-19-32)20-22-4-6-23(7-5-22)24-8-10-26(11-9-24)39(36,37)33-14-12-25(13-15-33)27(34)29-30-35/h4-12,14,25H,13,15-21H2,1-3H3,(H,29,34,35). The van der Waals surface area contributed by atoms with Gasteiger partial charge in [0.05, 0.1) is 22.7 Å². The highest BCUT2D eigenvalue weighted by Gasteiger charge is 2.30. The summed E-state index contributed by atoms with van der Waals surface area (Å²) >= 11 is 0. The first kappa shape index (κ1) is 28.9. The van der Waals surface area contributed by atoms with Crippen molar-refractivity contribution in [1.29, 1.82) is 0 Å². The second-order valence-electron chi connectivity index (χ2n) is 10.6. The third-order valence-electron chi connectivity index (χ3n) is 7.52. The van der Waals surface area contributed by atoms with Crippen molar-refractivity contribution < 1.29 is 17.9 Å². The minimum Gasteiger partial charge on any atom is -0.383 e. The minimum absolute atomic E-state index is 0.0403. The number of sulfonamides is 1. The summed E-state index contributed by atoms with van der Waals surface area (Å²) in [6, 6.07) is 15.2. The Morgan fingerprint density at radius 2 is 1.62 bits per heavy atom. The first-order valence-electron chi connectivity index (χ1n) is 13.1. The van der Waals surface area contributed by atoms with Crippen molar-refractivity contribution >= 4 is 15.9 Å². The van der Waals surface area contributed by atoms with Crippen molar-refractivity contribution in [1.82, 2.24) is 19.5 Å². The Labute approximate surface area is 230 Å². The zero-order chi connectivity index (χ0) is 28.0. The van der Waals surface area contributed by atoms with Crippen molar-refractivity contribution in [3.63, 3.8) is 0 Å². The van der Waals surface area contributed by atoms with E-state index in [2.05, 4.69) is 53.2 Å². The van der Waals surface area contributed by atoms with Crippen molar-refractivity contribution in [3.05, 3.63) is 71.3 Å². The van der Waals surface area contributed by atoms with E-state index in [9.17, 15) is 18.1 Å². The number of amides is 1. The molecule has 0 bridgehead atoms. The lowest BCUT2D eigenvalue weighted by atomic mass is 10.0. The van der Waals surface area contributed by atoms with Crippen LogP contribution in [0.5, 0.6) is 0 Å². The molecule has 1 atom stereocenters. The fourth-order valence-electron chi connectivity index (χ4n) is 5.16. The Bertz CT molecular complexity index is 1270. The molecule has 1 unspecified atom stereocenters. The lowest BCUT2D eigenvalue weighted by Gasteiger charge is -2.43. The fraction of sp³-hybridized carbons (Fsp3) is 0.464. The van der Waals surface area contributed by atoms with Crippen LogP contribution in [0.4, 0.5) is 0 Å². The Balaban J connectivity index is 1.34. The van der Waals surface area contributed by atoms with E-state index in [4.69, 9.17) is 4.74 Å². The Morgan fingerprint density at radius 3 is 2.15 bits per heavy atom. The van der Waals surface area contributed by atoms with Gasteiger partial charge < -0.3 is 4.74 Å². The molecule has 4 rings (SSSR count). The summed E-state index contributed by atoms with van der Waals surface area (Å²) in [4.78, 5) is 27.1. The number of rotatable bonds is 10. The maximum absolute atomic E-state index is 13.1. The van der Waals surface area contributed by atoms with Crippen LogP contribution < -0.4 is 5.43 Å². The Kier molecular flexibility index (Phi) is 9.16. The van der Waals surface area contributed by atoms with E-state index < -0.39 is 21.8 Å². The largest absolute Gasteiger partial charge is 0.383 e. The third-order valence-corrected chi connectivity index (χ3v) is 9.31. The van der Waals surface area contributed by atoms with Gasteiger partial charge in [0.2, 0.25) is 5.91 Å². The predicted octanol–water partition coefficient (Wildman–Crippen LogP) is 3.22. The molecule has 1 saturated heterocycles. The molecule has 39 heavy (non-hydrogen) atoms. The molecule has 2 aliphatic heterocycles. The van der Waals surface area contributed by atoms with Crippen LogP contribution in [0.15, 0.2) is 71.0 Å². The molecule has 2 aromatic rings. The average Bonchev–Trinajstić information content (AvgIpc) is 2.94. The van der Waals surface area contributed by atoms with E-state index in [1.54, 1.807) is 19.2 Å². The number of hydrogen-bond donors (Lipinski definition) is 1. The first-order valence-corrected chi connectivity index (χ1v) is 14.6. The average molecular weight is 556 g/mol. The van der Waals surface area contributed by atoms with E-state index in [0.717, 1.165) is 50.5 Å². The molecule has 1 fully saturated rings. The van der Waals surface area contributed by atoms with Gasteiger partial charge in [-0.15, -0.1) is 4.91 Å². The van der Waals surface area contributed by atoms with Crippen LogP contribution in [-0.2, 0) is 26.1 Å². The van der Waals surface area contributed by atoms with Crippen LogP contribution in [0.3, 0.4) is 0 Å². The molecule has 0 aliphatic carbocycles. The quantitative estimate of drug-likeness (QED) is 0.354. The SMILES string of the molecule is COCC(C)(C)N1CCN(Cc2ccc(-c3ccc(S(=O)(=O)N4C=CC(C(=O)NN=O)CC4)cc3)cc2)CC1. The monoisotopic (exact) mass is 555 g/mol. The first-order chi connectivity index (χ1) is 18.6. The van der Waals surface area contributed by atoms with Crippen LogP contribution in [0, 0.1) is 10.8 Å². The lowest BCUT2D eigenvalue weighted by Crippen LogP contribution is -2.56. The molecule has 11 heteroatoms. The smallest absolute Gasteiger partial charge is 0.263 e. The topological polar surface area (TPSA) is 112 Å². The number of piperazine rings is 1. The number of nitrogens with zero attached hydrogens (tertiary/aromatic N) is 4. The van der Waals surface area contributed by atoms with Crippen molar-refractivity contribution in [2.45, 2.75) is 37.2 Å². The van der Waals surface area contributed by atoms with Gasteiger partial charge in [-0.1, -0.05) is 42.5 Å². The van der Waals surface area contributed by atoms with Crippen LogP contribution in [0.2, 0.25) is 0 Å². The predicted molar refractivity (Wildman–Crippen MR) is 150 cm³/mol. The van der Waals surface area contributed by atoms with Gasteiger partial charge >= 0.3 is 0 Å². The molecule has 10 nitrogen and oxygen atoms in total. The molecule has 1 amide bonds. The number of carbonyl (C=O) groups is 1. The van der Waals surface area contributed by atoms with Crippen molar-refractivity contribution in [3.8, 4) is 11.1 Å². The number of nitrogens with one attached hydrogen (secondary N) is 1. The molecule has 2 aromatic carbocycles. The second-order valence-corrected chi connectivity index (χ2v) is 12.5. The number of nitroso groups, excluding NO2 is 1. The Hall–Kier alpha value is -3.12.